The fourth-order valence-electron chi connectivity index (χ4n) is 3.30. The number of nitrogens with zero attached hydrogens (tertiary/aromatic N) is 3. The van der Waals surface area contributed by atoms with Gasteiger partial charge in [-0.3, -0.25) is 4.90 Å². The SMILES string of the molecule is C[C@H](c1ccc(CO)cc1)N1CCN(c2ccc(C#N)cc2F)CC1. The lowest BCUT2D eigenvalue weighted by Gasteiger charge is -2.39. The molecule has 0 unspecified atom stereocenters. The molecule has 1 aliphatic rings. The van der Waals surface area contributed by atoms with E-state index >= 15 is 0 Å². The van der Waals surface area contributed by atoms with Crippen LogP contribution in [0.4, 0.5) is 10.1 Å². The smallest absolute Gasteiger partial charge is 0.147 e. The summed E-state index contributed by atoms with van der Waals surface area (Å²) in [4.78, 5) is 4.42. The minimum Gasteiger partial charge on any atom is -0.392 e. The Kier molecular flexibility index (Phi) is 5.32. The van der Waals surface area contributed by atoms with Crippen LogP contribution in [0.25, 0.3) is 0 Å². The number of anilines is 1. The van der Waals surface area contributed by atoms with E-state index in [-0.39, 0.29) is 18.5 Å². The Labute approximate surface area is 147 Å². The quantitative estimate of drug-likeness (QED) is 0.930. The molecule has 2 aromatic rings. The highest BCUT2D eigenvalue weighted by atomic mass is 19.1. The zero-order valence-corrected chi connectivity index (χ0v) is 14.3. The third-order valence-electron chi connectivity index (χ3n) is 4.92. The summed E-state index contributed by atoms with van der Waals surface area (Å²) in [5, 5.41) is 18.0. The van der Waals surface area contributed by atoms with Crippen LogP contribution in [-0.2, 0) is 6.61 Å². The topological polar surface area (TPSA) is 50.5 Å². The zero-order chi connectivity index (χ0) is 17.8. The molecule has 1 heterocycles. The number of rotatable bonds is 4. The van der Waals surface area contributed by atoms with Gasteiger partial charge in [0.15, 0.2) is 0 Å². The number of aliphatic hydroxyl groups is 1. The van der Waals surface area contributed by atoms with Gasteiger partial charge in [0.05, 0.1) is 23.9 Å². The second-order valence-electron chi connectivity index (χ2n) is 6.38. The van der Waals surface area contributed by atoms with Crippen molar-refractivity contribution < 1.29 is 9.50 Å². The van der Waals surface area contributed by atoms with Crippen molar-refractivity contribution >= 4 is 5.69 Å². The molecule has 5 heteroatoms. The molecule has 0 saturated carbocycles. The second kappa shape index (κ2) is 7.64. The van der Waals surface area contributed by atoms with Gasteiger partial charge in [-0.25, -0.2) is 4.39 Å². The molecule has 130 valence electrons. The van der Waals surface area contributed by atoms with Gasteiger partial charge >= 0.3 is 0 Å². The van der Waals surface area contributed by atoms with E-state index in [9.17, 15) is 4.39 Å². The lowest BCUT2D eigenvalue weighted by molar-refractivity contribution is 0.198. The summed E-state index contributed by atoms with van der Waals surface area (Å²) in [5.41, 5.74) is 3.05. The number of benzene rings is 2. The molecule has 1 aliphatic heterocycles. The summed E-state index contributed by atoms with van der Waals surface area (Å²) < 4.78 is 14.2. The molecule has 4 nitrogen and oxygen atoms in total. The van der Waals surface area contributed by atoms with Gasteiger partial charge in [0, 0.05) is 32.2 Å². The van der Waals surface area contributed by atoms with Crippen LogP contribution < -0.4 is 4.90 Å². The molecule has 0 aromatic heterocycles. The molecule has 1 N–H and O–H groups in total. The predicted molar refractivity (Wildman–Crippen MR) is 95.7 cm³/mol. The Hall–Kier alpha value is -2.42. The maximum absolute atomic E-state index is 14.2. The maximum Gasteiger partial charge on any atom is 0.147 e. The lowest BCUT2D eigenvalue weighted by atomic mass is 10.0. The van der Waals surface area contributed by atoms with E-state index in [1.165, 1.54) is 11.6 Å². The number of nitriles is 1. The number of halogens is 1. The van der Waals surface area contributed by atoms with Crippen LogP contribution in [0.15, 0.2) is 42.5 Å². The normalized spacial score (nSPS) is 16.5. The summed E-state index contributed by atoms with van der Waals surface area (Å²) in [5.74, 6) is -0.333. The highest BCUT2D eigenvalue weighted by Crippen LogP contribution is 2.26. The summed E-state index contributed by atoms with van der Waals surface area (Å²) in [6.07, 6.45) is 0. The van der Waals surface area contributed by atoms with Crippen molar-refractivity contribution in [1.29, 1.82) is 5.26 Å². The summed E-state index contributed by atoms with van der Waals surface area (Å²) >= 11 is 0. The van der Waals surface area contributed by atoms with Gasteiger partial charge in [-0.05, 0) is 36.2 Å². The van der Waals surface area contributed by atoms with Crippen molar-refractivity contribution in [3.8, 4) is 6.07 Å². The third kappa shape index (κ3) is 3.81. The molecule has 0 aliphatic carbocycles. The van der Waals surface area contributed by atoms with Crippen LogP contribution in [0.5, 0.6) is 0 Å². The zero-order valence-electron chi connectivity index (χ0n) is 14.3. The van der Waals surface area contributed by atoms with Crippen LogP contribution in [0.1, 0.15) is 29.7 Å². The molecular formula is C20H22FN3O. The van der Waals surface area contributed by atoms with Gasteiger partial charge in [-0.15, -0.1) is 0 Å². The molecule has 0 spiro atoms. The van der Waals surface area contributed by atoms with Crippen molar-refractivity contribution in [3.63, 3.8) is 0 Å². The van der Waals surface area contributed by atoms with Gasteiger partial charge in [0.2, 0.25) is 0 Å². The van der Waals surface area contributed by atoms with Crippen molar-refractivity contribution in [2.75, 3.05) is 31.1 Å². The van der Waals surface area contributed by atoms with E-state index in [1.807, 2.05) is 23.1 Å². The number of aliphatic hydroxyl groups excluding tert-OH is 1. The fraction of sp³-hybridized carbons (Fsp3) is 0.350. The van der Waals surface area contributed by atoms with Gasteiger partial charge in [-0.2, -0.15) is 5.26 Å². The lowest BCUT2D eigenvalue weighted by Crippen LogP contribution is -2.47. The Bertz CT molecular complexity index is 762. The first kappa shape index (κ1) is 17.4. The second-order valence-corrected chi connectivity index (χ2v) is 6.38. The first-order valence-corrected chi connectivity index (χ1v) is 8.50. The average Bonchev–Trinajstić information content (AvgIpc) is 2.67. The average molecular weight is 339 g/mol. The van der Waals surface area contributed by atoms with Gasteiger partial charge in [-0.1, -0.05) is 24.3 Å². The molecule has 3 rings (SSSR count). The van der Waals surface area contributed by atoms with Crippen LogP contribution >= 0.6 is 0 Å². The number of hydrogen-bond donors (Lipinski definition) is 1. The summed E-state index contributed by atoms with van der Waals surface area (Å²) in [7, 11) is 0. The standard InChI is InChI=1S/C20H22FN3O/c1-15(18-5-2-16(14-25)3-6-18)23-8-10-24(11-9-23)20-7-4-17(13-22)12-19(20)21/h2-7,12,15,25H,8-11,14H2,1H3/t15-/m1/s1. The van der Waals surface area contributed by atoms with Crippen LogP contribution in [0.3, 0.4) is 0 Å². The fourth-order valence-corrected chi connectivity index (χ4v) is 3.30. The van der Waals surface area contributed by atoms with E-state index in [1.54, 1.807) is 12.1 Å². The molecule has 0 radical (unpaired) electrons. The Balaban J connectivity index is 1.64. The predicted octanol–water partition coefficient (Wildman–Crippen LogP) is 3.07. The summed E-state index contributed by atoms with van der Waals surface area (Å²) in [6.45, 7) is 5.43. The van der Waals surface area contributed by atoms with Crippen LogP contribution in [0.2, 0.25) is 0 Å². The molecule has 1 fully saturated rings. The Morgan fingerprint density at radius 3 is 2.36 bits per heavy atom. The monoisotopic (exact) mass is 339 g/mol. The van der Waals surface area contributed by atoms with Crippen LogP contribution in [0, 0.1) is 17.1 Å². The van der Waals surface area contributed by atoms with E-state index in [4.69, 9.17) is 10.4 Å². The van der Waals surface area contributed by atoms with Crippen molar-refractivity contribution in [2.45, 2.75) is 19.6 Å². The molecule has 0 bridgehead atoms. The Morgan fingerprint density at radius 2 is 1.80 bits per heavy atom. The highest BCUT2D eigenvalue weighted by Gasteiger charge is 2.23. The molecule has 1 saturated heterocycles. The van der Waals surface area contributed by atoms with E-state index in [0.717, 1.165) is 31.7 Å². The highest BCUT2D eigenvalue weighted by molar-refractivity contribution is 5.51. The van der Waals surface area contributed by atoms with Crippen molar-refractivity contribution in [3.05, 3.63) is 65.0 Å². The number of piperazine rings is 1. The first-order chi connectivity index (χ1) is 12.1. The van der Waals surface area contributed by atoms with E-state index in [2.05, 4.69) is 24.0 Å². The molecule has 25 heavy (non-hydrogen) atoms. The van der Waals surface area contributed by atoms with Crippen molar-refractivity contribution in [1.82, 2.24) is 4.90 Å². The van der Waals surface area contributed by atoms with E-state index in [0.29, 0.717) is 11.3 Å². The minimum absolute atomic E-state index is 0.0590. The third-order valence-corrected chi connectivity index (χ3v) is 4.92. The van der Waals surface area contributed by atoms with Gasteiger partial charge in [0.25, 0.3) is 0 Å². The molecule has 2 aromatic carbocycles. The van der Waals surface area contributed by atoms with Gasteiger partial charge < -0.3 is 10.0 Å². The molecule has 1 atom stereocenters. The van der Waals surface area contributed by atoms with Crippen LogP contribution in [-0.4, -0.2) is 36.2 Å². The Morgan fingerprint density at radius 1 is 1.12 bits per heavy atom. The van der Waals surface area contributed by atoms with Gasteiger partial charge in [0.1, 0.15) is 5.82 Å². The van der Waals surface area contributed by atoms with E-state index < -0.39 is 0 Å². The van der Waals surface area contributed by atoms with Crippen molar-refractivity contribution in [2.24, 2.45) is 0 Å². The summed E-state index contributed by atoms with van der Waals surface area (Å²) in [6, 6.07) is 14.9. The maximum atomic E-state index is 14.2. The minimum atomic E-state index is -0.333. The number of hydrogen-bond acceptors (Lipinski definition) is 4. The largest absolute Gasteiger partial charge is 0.392 e. The molecule has 0 amide bonds. The molecular weight excluding hydrogens is 317 g/mol. The first-order valence-electron chi connectivity index (χ1n) is 8.50.